The summed E-state index contributed by atoms with van der Waals surface area (Å²) >= 11 is 0. The first kappa shape index (κ1) is 20.0. The summed E-state index contributed by atoms with van der Waals surface area (Å²) in [5.74, 6) is 0. The monoisotopic (exact) mass is 401 g/mol. The lowest BCUT2D eigenvalue weighted by Gasteiger charge is -2.34. The summed E-state index contributed by atoms with van der Waals surface area (Å²) < 4.78 is 40.7. The second kappa shape index (κ2) is 7.48. The van der Waals surface area contributed by atoms with Gasteiger partial charge in [0.25, 0.3) is 0 Å². The van der Waals surface area contributed by atoms with Crippen LogP contribution in [0, 0.1) is 5.41 Å². The van der Waals surface area contributed by atoms with Gasteiger partial charge in [0.05, 0.1) is 22.9 Å². The van der Waals surface area contributed by atoms with Crippen LogP contribution in [0.4, 0.5) is 13.2 Å². The van der Waals surface area contributed by atoms with Crippen LogP contribution in [0.2, 0.25) is 0 Å². The molecule has 2 aromatic carbocycles. The fourth-order valence-corrected chi connectivity index (χ4v) is 4.12. The van der Waals surface area contributed by atoms with Crippen molar-refractivity contribution in [2.75, 3.05) is 0 Å². The van der Waals surface area contributed by atoms with Gasteiger partial charge in [0.15, 0.2) is 0 Å². The Bertz CT molecular complexity index is 977. The van der Waals surface area contributed by atoms with E-state index in [1.54, 1.807) is 12.1 Å². The second-order valence-electron chi connectivity index (χ2n) is 8.83. The van der Waals surface area contributed by atoms with E-state index in [9.17, 15) is 13.2 Å². The van der Waals surface area contributed by atoms with E-state index in [-0.39, 0.29) is 5.56 Å². The summed E-state index contributed by atoms with van der Waals surface area (Å²) in [4.78, 5) is 6.85. The smallest absolute Gasteiger partial charge is 0.345 e. The van der Waals surface area contributed by atoms with Crippen molar-refractivity contribution in [2.45, 2.75) is 58.3 Å². The van der Waals surface area contributed by atoms with E-state index in [0.717, 1.165) is 18.2 Å². The van der Waals surface area contributed by atoms with Gasteiger partial charge in [-0.25, -0.2) is 4.98 Å². The van der Waals surface area contributed by atoms with Crippen molar-refractivity contribution in [3.8, 4) is 11.1 Å². The first-order chi connectivity index (χ1) is 13.7. The zero-order chi connectivity index (χ0) is 20.6. The van der Waals surface area contributed by atoms with Crippen molar-refractivity contribution in [3.05, 3.63) is 53.9 Å². The number of hydrogen-bond acceptors (Lipinski definition) is 2. The van der Waals surface area contributed by atoms with Crippen LogP contribution in [-0.4, -0.2) is 16.0 Å². The van der Waals surface area contributed by atoms with Gasteiger partial charge in [-0.1, -0.05) is 38.1 Å². The number of aromatic amines is 1. The maximum Gasteiger partial charge on any atom is 0.417 e. The number of H-pyrrole nitrogens is 1. The van der Waals surface area contributed by atoms with E-state index >= 15 is 0 Å². The van der Waals surface area contributed by atoms with Crippen LogP contribution in [0.1, 0.15) is 50.7 Å². The Morgan fingerprint density at radius 1 is 1.10 bits per heavy atom. The number of nitrogens with zero attached hydrogens (tertiary/aromatic N) is 1. The van der Waals surface area contributed by atoms with E-state index in [4.69, 9.17) is 0 Å². The molecule has 1 aliphatic carbocycles. The third-order valence-corrected chi connectivity index (χ3v) is 6.06. The Morgan fingerprint density at radius 3 is 2.45 bits per heavy atom. The second-order valence-corrected chi connectivity index (χ2v) is 8.83. The molecule has 3 aromatic rings. The SMILES string of the molecule is CC1(C)CCC(NCc2ccc(-c3cc4[nH]cnc4cc3C(F)(F)F)cc2)CC1. The third-order valence-electron chi connectivity index (χ3n) is 6.06. The van der Waals surface area contributed by atoms with Gasteiger partial charge in [-0.2, -0.15) is 13.2 Å². The van der Waals surface area contributed by atoms with E-state index in [1.165, 1.54) is 38.1 Å². The molecule has 1 aliphatic rings. The molecule has 0 unspecified atom stereocenters. The third kappa shape index (κ3) is 4.47. The molecule has 1 fully saturated rings. The molecule has 29 heavy (non-hydrogen) atoms. The summed E-state index contributed by atoms with van der Waals surface area (Å²) in [6.45, 7) is 5.37. The zero-order valence-electron chi connectivity index (χ0n) is 16.7. The van der Waals surface area contributed by atoms with Gasteiger partial charge in [0.1, 0.15) is 0 Å². The topological polar surface area (TPSA) is 40.7 Å². The summed E-state index contributed by atoms with van der Waals surface area (Å²) in [5.41, 5.74) is 2.49. The normalized spacial score (nSPS) is 17.7. The van der Waals surface area contributed by atoms with Crippen molar-refractivity contribution in [1.82, 2.24) is 15.3 Å². The Labute approximate surface area is 168 Å². The molecular weight excluding hydrogens is 375 g/mol. The molecule has 0 spiro atoms. The van der Waals surface area contributed by atoms with Gasteiger partial charge in [0.2, 0.25) is 0 Å². The summed E-state index contributed by atoms with van der Waals surface area (Å²) in [6.07, 6.45) is 1.77. The van der Waals surface area contributed by atoms with Crippen LogP contribution in [0.15, 0.2) is 42.7 Å². The minimum Gasteiger partial charge on any atom is -0.345 e. The van der Waals surface area contributed by atoms with Gasteiger partial charge in [-0.05, 0) is 59.9 Å². The van der Waals surface area contributed by atoms with Gasteiger partial charge >= 0.3 is 6.18 Å². The fraction of sp³-hybridized carbons (Fsp3) is 0.435. The minimum atomic E-state index is -4.43. The number of benzene rings is 2. The molecule has 0 aliphatic heterocycles. The predicted octanol–water partition coefficient (Wildman–Crippen LogP) is 6.31. The molecule has 154 valence electrons. The van der Waals surface area contributed by atoms with Gasteiger partial charge in [-0.3, -0.25) is 0 Å². The number of nitrogens with one attached hydrogen (secondary N) is 2. The molecule has 0 saturated heterocycles. The van der Waals surface area contributed by atoms with E-state index in [0.29, 0.717) is 28.1 Å². The van der Waals surface area contributed by atoms with Gasteiger partial charge in [0, 0.05) is 12.6 Å². The van der Waals surface area contributed by atoms with Crippen LogP contribution in [-0.2, 0) is 12.7 Å². The van der Waals surface area contributed by atoms with Crippen molar-refractivity contribution in [3.63, 3.8) is 0 Å². The molecule has 2 N–H and O–H groups in total. The molecule has 3 nitrogen and oxygen atoms in total. The maximum atomic E-state index is 13.6. The van der Waals surface area contributed by atoms with Crippen LogP contribution >= 0.6 is 0 Å². The van der Waals surface area contributed by atoms with Crippen LogP contribution in [0.3, 0.4) is 0 Å². The quantitative estimate of drug-likeness (QED) is 0.538. The molecule has 0 amide bonds. The number of fused-ring (bicyclic) bond motifs is 1. The molecular formula is C23H26F3N3. The molecule has 0 atom stereocenters. The molecule has 1 heterocycles. The van der Waals surface area contributed by atoms with Gasteiger partial charge in [-0.15, -0.1) is 0 Å². The summed E-state index contributed by atoms with van der Waals surface area (Å²) in [7, 11) is 0. The molecule has 0 radical (unpaired) electrons. The lowest BCUT2D eigenvalue weighted by atomic mass is 9.75. The van der Waals surface area contributed by atoms with Crippen molar-refractivity contribution in [2.24, 2.45) is 5.41 Å². The number of rotatable bonds is 4. The van der Waals surface area contributed by atoms with E-state index in [1.807, 2.05) is 12.1 Å². The average Bonchev–Trinajstić information content (AvgIpc) is 3.13. The Kier molecular flexibility index (Phi) is 5.15. The van der Waals surface area contributed by atoms with Crippen LogP contribution in [0.25, 0.3) is 22.2 Å². The Morgan fingerprint density at radius 2 is 1.79 bits per heavy atom. The lowest BCUT2D eigenvalue weighted by Crippen LogP contribution is -2.35. The average molecular weight is 401 g/mol. The summed E-state index contributed by atoms with van der Waals surface area (Å²) in [6, 6.07) is 10.5. The predicted molar refractivity (Wildman–Crippen MR) is 109 cm³/mol. The van der Waals surface area contributed by atoms with Crippen molar-refractivity contribution < 1.29 is 13.2 Å². The number of aromatic nitrogens is 2. The largest absolute Gasteiger partial charge is 0.417 e. The van der Waals surface area contributed by atoms with Crippen LogP contribution in [0.5, 0.6) is 0 Å². The number of hydrogen-bond donors (Lipinski definition) is 2. The Balaban J connectivity index is 1.51. The minimum absolute atomic E-state index is 0.170. The maximum absolute atomic E-state index is 13.6. The fourth-order valence-electron chi connectivity index (χ4n) is 4.12. The first-order valence-corrected chi connectivity index (χ1v) is 10.1. The van der Waals surface area contributed by atoms with Crippen molar-refractivity contribution in [1.29, 1.82) is 0 Å². The number of alkyl halides is 3. The zero-order valence-corrected chi connectivity index (χ0v) is 16.7. The number of halogens is 3. The molecule has 4 rings (SSSR count). The highest BCUT2D eigenvalue weighted by Gasteiger charge is 2.34. The highest BCUT2D eigenvalue weighted by Crippen LogP contribution is 2.39. The van der Waals surface area contributed by atoms with E-state index < -0.39 is 11.7 Å². The molecule has 0 bridgehead atoms. The molecule has 1 aromatic heterocycles. The summed E-state index contributed by atoms with van der Waals surface area (Å²) in [5, 5.41) is 3.60. The van der Waals surface area contributed by atoms with Crippen molar-refractivity contribution >= 4 is 11.0 Å². The first-order valence-electron chi connectivity index (χ1n) is 10.1. The standard InChI is InChI=1S/C23H26F3N3/c1-22(2)9-7-17(8-10-22)27-13-15-3-5-16(6-4-15)18-11-20-21(29-14-28-20)12-19(18)23(24,25)26/h3-6,11-12,14,17,27H,7-10,13H2,1-2H3,(H,28,29). The Hall–Kier alpha value is -2.34. The van der Waals surface area contributed by atoms with E-state index in [2.05, 4.69) is 29.1 Å². The molecule has 6 heteroatoms. The van der Waals surface area contributed by atoms with Gasteiger partial charge < -0.3 is 10.3 Å². The highest BCUT2D eigenvalue weighted by molar-refractivity contribution is 5.84. The highest BCUT2D eigenvalue weighted by atomic mass is 19.4. The number of imidazole rings is 1. The van der Waals surface area contributed by atoms with Crippen LogP contribution < -0.4 is 5.32 Å². The lowest BCUT2D eigenvalue weighted by molar-refractivity contribution is -0.137. The molecule has 1 saturated carbocycles.